The highest BCUT2D eigenvalue weighted by molar-refractivity contribution is 5.73. The third kappa shape index (κ3) is 4.46. The molecule has 0 aromatic carbocycles. The van der Waals surface area contributed by atoms with E-state index in [0.29, 0.717) is 18.5 Å². The zero-order valence-electron chi connectivity index (χ0n) is 12.3. The van der Waals surface area contributed by atoms with E-state index in [1.54, 1.807) is 0 Å². The molecule has 0 aromatic rings. The van der Waals surface area contributed by atoms with Gasteiger partial charge in [-0.1, -0.05) is 19.8 Å². The van der Waals surface area contributed by atoms with E-state index in [1.165, 1.54) is 25.7 Å². The summed E-state index contributed by atoms with van der Waals surface area (Å²) in [4.78, 5) is 13.6. The average molecular weight is 268 g/mol. The van der Waals surface area contributed by atoms with Crippen molar-refractivity contribution in [1.82, 2.24) is 10.2 Å². The van der Waals surface area contributed by atoms with E-state index in [1.807, 2.05) is 0 Å². The van der Waals surface area contributed by atoms with Gasteiger partial charge in [0, 0.05) is 18.6 Å². The van der Waals surface area contributed by atoms with Gasteiger partial charge in [0.2, 0.25) is 0 Å². The van der Waals surface area contributed by atoms with E-state index in [2.05, 4.69) is 24.2 Å². The van der Waals surface area contributed by atoms with Crippen molar-refractivity contribution in [2.45, 2.75) is 70.0 Å². The van der Waals surface area contributed by atoms with Gasteiger partial charge in [0.25, 0.3) is 0 Å². The highest BCUT2D eigenvalue weighted by atomic mass is 16.4. The van der Waals surface area contributed by atoms with Crippen LogP contribution in [0.1, 0.15) is 51.9 Å². The van der Waals surface area contributed by atoms with E-state index in [0.717, 1.165) is 25.3 Å². The maximum Gasteiger partial charge on any atom is 0.320 e. The molecule has 0 bridgehead atoms. The molecule has 3 atom stereocenters. The van der Waals surface area contributed by atoms with E-state index < -0.39 is 5.97 Å². The van der Waals surface area contributed by atoms with Crippen LogP contribution in [0.3, 0.4) is 0 Å². The Morgan fingerprint density at radius 2 is 2.00 bits per heavy atom. The first-order valence-electron chi connectivity index (χ1n) is 7.77. The molecule has 3 unspecified atom stereocenters. The van der Waals surface area contributed by atoms with Gasteiger partial charge in [0.05, 0.1) is 0 Å². The fraction of sp³-hybridized carbons (Fsp3) is 0.933. The minimum atomic E-state index is -0.697. The van der Waals surface area contributed by atoms with Crippen LogP contribution in [0.15, 0.2) is 0 Å². The summed E-state index contributed by atoms with van der Waals surface area (Å²) < 4.78 is 0. The average Bonchev–Trinajstić information content (AvgIpc) is 3.18. The molecular formula is C15H28N2O2. The summed E-state index contributed by atoms with van der Waals surface area (Å²) in [7, 11) is 2.16. The first-order chi connectivity index (χ1) is 9.08. The molecule has 2 N–H and O–H groups in total. The van der Waals surface area contributed by atoms with Gasteiger partial charge in [-0.05, 0) is 45.1 Å². The maximum absolute atomic E-state index is 11.2. The highest BCUT2D eigenvalue weighted by Crippen LogP contribution is 2.27. The molecule has 19 heavy (non-hydrogen) atoms. The second kappa shape index (κ2) is 6.71. The van der Waals surface area contributed by atoms with E-state index in [4.69, 9.17) is 0 Å². The van der Waals surface area contributed by atoms with Gasteiger partial charge in [-0.2, -0.15) is 0 Å². The second-order valence-electron chi connectivity index (χ2n) is 6.43. The number of hydrogen-bond donors (Lipinski definition) is 2. The molecule has 4 heteroatoms. The van der Waals surface area contributed by atoms with Crippen molar-refractivity contribution >= 4 is 5.97 Å². The SMILES string of the molecule is CC1CCCCC1N(C)CCC(NC1CC1)C(=O)O. The lowest BCUT2D eigenvalue weighted by atomic mass is 9.85. The molecule has 2 saturated carbocycles. The molecule has 2 rings (SSSR count). The zero-order chi connectivity index (χ0) is 13.8. The normalized spacial score (nSPS) is 29.4. The summed E-state index contributed by atoms with van der Waals surface area (Å²) in [5, 5.41) is 12.5. The standard InChI is InChI=1S/C15H28N2O2/c1-11-5-3-4-6-14(11)17(2)10-9-13(15(18)19)16-12-7-8-12/h11-14,16H,3-10H2,1-2H3,(H,18,19). The van der Waals surface area contributed by atoms with Gasteiger partial charge in [0.1, 0.15) is 6.04 Å². The third-order valence-electron chi connectivity index (χ3n) is 4.72. The van der Waals surface area contributed by atoms with Crippen LogP contribution in [0, 0.1) is 5.92 Å². The first kappa shape index (κ1) is 14.8. The molecule has 4 nitrogen and oxygen atoms in total. The Labute approximate surface area is 116 Å². The van der Waals surface area contributed by atoms with Crippen LogP contribution in [0.25, 0.3) is 0 Å². The monoisotopic (exact) mass is 268 g/mol. The summed E-state index contributed by atoms with van der Waals surface area (Å²) in [6.07, 6.45) is 8.25. The Bertz CT molecular complexity index is 305. The summed E-state index contributed by atoms with van der Waals surface area (Å²) in [6.45, 7) is 3.21. The Morgan fingerprint density at radius 1 is 1.32 bits per heavy atom. The number of carboxylic acids is 1. The van der Waals surface area contributed by atoms with Crippen molar-refractivity contribution in [1.29, 1.82) is 0 Å². The Hall–Kier alpha value is -0.610. The van der Waals surface area contributed by atoms with Crippen molar-refractivity contribution in [3.8, 4) is 0 Å². The van der Waals surface area contributed by atoms with Crippen LogP contribution in [0.4, 0.5) is 0 Å². The molecule has 0 spiro atoms. The molecule has 0 aromatic heterocycles. The summed E-state index contributed by atoms with van der Waals surface area (Å²) in [6, 6.07) is 0.734. The molecule has 0 aliphatic heterocycles. The molecule has 0 radical (unpaired) electrons. The van der Waals surface area contributed by atoms with E-state index in [-0.39, 0.29) is 6.04 Å². The largest absolute Gasteiger partial charge is 0.480 e. The maximum atomic E-state index is 11.2. The van der Waals surface area contributed by atoms with Crippen molar-refractivity contribution < 1.29 is 9.90 Å². The molecular weight excluding hydrogens is 240 g/mol. The number of carbonyl (C=O) groups is 1. The van der Waals surface area contributed by atoms with Gasteiger partial charge in [-0.15, -0.1) is 0 Å². The van der Waals surface area contributed by atoms with E-state index >= 15 is 0 Å². The van der Waals surface area contributed by atoms with Crippen LogP contribution in [0.5, 0.6) is 0 Å². The number of aliphatic carboxylic acids is 1. The van der Waals surface area contributed by atoms with Crippen LogP contribution in [0.2, 0.25) is 0 Å². The minimum absolute atomic E-state index is 0.367. The fourth-order valence-electron chi connectivity index (χ4n) is 3.26. The second-order valence-corrected chi connectivity index (χ2v) is 6.43. The molecule has 0 saturated heterocycles. The number of rotatable bonds is 7. The fourth-order valence-corrected chi connectivity index (χ4v) is 3.26. The molecule has 2 fully saturated rings. The predicted octanol–water partition coefficient (Wildman–Crippen LogP) is 2.09. The quantitative estimate of drug-likeness (QED) is 0.742. The lowest BCUT2D eigenvalue weighted by molar-refractivity contribution is -0.139. The smallest absolute Gasteiger partial charge is 0.320 e. The number of hydrogen-bond acceptors (Lipinski definition) is 3. The number of carboxylic acid groups (broad SMARTS) is 1. The van der Waals surface area contributed by atoms with Crippen molar-refractivity contribution in [3.63, 3.8) is 0 Å². The summed E-state index contributed by atoms with van der Waals surface area (Å²) in [5.41, 5.74) is 0. The lowest BCUT2D eigenvalue weighted by Gasteiger charge is -2.36. The zero-order valence-corrected chi connectivity index (χ0v) is 12.3. The van der Waals surface area contributed by atoms with Crippen LogP contribution >= 0.6 is 0 Å². The molecule has 110 valence electrons. The third-order valence-corrected chi connectivity index (χ3v) is 4.72. The Kier molecular flexibility index (Phi) is 5.22. The van der Waals surface area contributed by atoms with Crippen molar-refractivity contribution in [3.05, 3.63) is 0 Å². The van der Waals surface area contributed by atoms with Crippen molar-refractivity contribution in [2.24, 2.45) is 5.92 Å². The van der Waals surface area contributed by atoms with Gasteiger partial charge in [-0.3, -0.25) is 4.79 Å². The summed E-state index contributed by atoms with van der Waals surface area (Å²) >= 11 is 0. The topological polar surface area (TPSA) is 52.6 Å². The Balaban J connectivity index is 1.76. The molecule has 0 amide bonds. The van der Waals surface area contributed by atoms with Gasteiger partial charge in [0.15, 0.2) is 0 Å². The van der Waals surface area contributed by atoms with Crippen molar-refractivity contribution in [2.75, 3.05) is 13.6 Å². The van der Waals surface area contributed by atoms with Crippen LogP contribution < -0.4 is 5.32 Å². The van der Waals surface area contributed by atoms with Gasteiger partial charge < -0.3 is 15.3 Å². The van der Waals surface area contributed by atoms with Crippen LogP contribution in [-0.2, 0) is 4.79 Å². The summed E-state index contributed by atoms with van der Waals surface area (Å²) in [5.74, 6) is 0.0513. The molecule has 2 aliphatic rings. The molecule has 2 aliphatic carbocycles. The number of nitrogens with one attached hydrogen (secondary N) is 1. The minimum Gasteiger partial charge on any atom is -0.480 e. The van der Waals surface area contributed by atoms with E-state index in [9.17, 15) is 9.90 Å². The predicted molar refractivity (Wildman–Crippen MR) is 76.2 cm³/mol. The lowest BCUT2D eigenvalue weighted by Crippen LogP contribution is -2.44. The number of nitrogens with zero attached hydrogens (tertiary/aromatic N) is 1. The first-order valence-corrected chi connectivity index (χ1v) is 7.77. The van der Waals surface area contributed by atoms with Gasteiger partial charge >= 0.3 is 5.97 Å². The Morgan fingerprint density at radius 3 is 2.58 bits per heavy atom. The van der Waals surface area contributed by atoms with Crippen LogP contribution in [-0.4, -0.2) is 47.7 Å². The molecule has 0 heterocycles. The highest BCUT2D eigenvalue weighted by Gasteiger charge is 2.29. The van der Waals surface area contributed by atoms with Gasteiger partial charge in [-0.25, -0.2) is 0 Å².